The Labute approximate surface area is 180 Å². The van der Waals surface area contributed by atoms with Crippen molar-refractivity contribution in [3.8, 4) is 5.69 Å². The van der Waals surface area contributed by atoms with Crippen molar-refractivity contribution < 1.29 is 14.3 Å². The van der Waals surface area contributed by atoms with Gasteiger partial charge in [0.2, 0.25) is 5.91 Å². The number of benzene rings is 2. The number of hydrogen-bond acceptors (Lipinski definition) is 5. The van der Waals surface area contributed by atoms with Gasteiger partial charge in [-0.3, -0.25) is 9.36 Å². The number of aryl methyl sites for hydroxylation is 2. The summed E-state index contributed by atoms with van der Waals surface area (Å²) in [5.74, 6) is -0.457. The van der Waals surface area contributed by atoms with Crippen molar-refractivity contribution in [2.24, 2.45) is 0 Å². The lowest BCUT2D eigenvalue weighted by molar-refractivity contribution is -0.120. The molecule has 30 heavy (non-hydrogen) atoms. The minimum absolute atomic E-state index is 0.0768. The van der Waals surface area contributed by atoms with Crippen LogP contribution in [-0.4, -0.2) is 33.8 Å². The summed E-state index contributed by atoms with van der Waals surface area (Å²) in [6, 6.07) is 13.3. The van der Waals surface area contributed by atoms with Crippen molar-refractivity contribution in [1.29, 1.82) is 0 Å². The van der Waals surface area contributed by atoms with Gasteiger partial charge in [-0.25, -0.2) is 9.78 Å². The van der Waals surface area contributed by atoms with Crippen LogP contribution in [0.5, 0.6) is 0 Å². The third-order valence-electron chi connectivity index (χ3n) is 4.58. The van der Waals surface area contributed by atoms with Crippen molar-refractivity contribution in [1.82, 2.24) is 14.9 Å². The van der Waals surface area contributed by atoms with Gasteiger partial charge in [0.05, 0.1) is 17.9 Å². The number of esters is 1. The second kappa shape index (κ2) is 9.63. The Hall–Kier alpha value is -3.06. The van der Waals surface area contributed by atoms with E-state index in [2.05, 4.69) is 42.3 Å². The Balaban J connectivity index is 1.61. The van der Waals surface area contributed by atoms with E-state index in [-0.39, 0.29) is 17.1 Å². The number of rotatable bonds is 7. The number of thioether (sulfide) groups is 1. The summed E-state index contributed by atoms with van der Waals surface area (Å²) in [5.41, 5.74) is 4.78. The molecular weight excluding hydrogens is 398 g/mol. The molecule has 1 atom stereocenters. The van der Waals surface area contributed by atoms with Gasteiger partial charge in [0.15, 0.2) is 5.16 Å². The first-order chi connectivity index (χ1) is 14.4. The van der Waals surface area contributed by atoms with Gasteiger partial charge in [-0.2, -0.15) is 0 Å². The topological polar surface area (TPSA) is 73.2 Å². The first-order valence-electron chi connectivity index (χ1n) is 9.61. The zero-order valence-corrected chi connectivity index (χ0v) is 18.3. The van der Waals surface area contributed by atoms with Crippen LogP contribution < -0.4 is 5.32 Å². The largest absolute Gasteiger partial charge is 0.465 e. The highest BCUT2D eigenvalue weighted by atomic mass is 32.2. The standard InChI is InChI=1S/C23H25N3O3S/c1-15-11-16(2)13-20(12-15)26-10-9-24-23(26)30-17(3)21(27)25-14-18-5-7-19(8-6-18)22(28)29-4/h5-13,17H,14H2,1-4H3,(H,25,27). The van der Waals surface area contributed by atoms with Gasteiger partial charge in [0.1, 0.15) is 0 Å². The highest BCUT2D eigenvalue weighted by molar-refractivity contribution is 8.00. The molecule has 0 bridgehead atoms. The lowest BCUT2D eigenvalue weighted by Gasteiger charge is -2.14. The van der Waals surface area contributed by atoms with E-state index in [4.69, 9.17) is 4.74 Å². The van der Waals surface area contributed by atoms with Crippen LogP contribution >= 0.6 is 11.8 Å². The number of aromatic nitrogens is 2. The molecule has 3 rings (SSSR count). The third-order valence-corrected chi connectivity index (χ3v) is 5.67. The van der Waals surface area contributed by atoms with E-state index in [0.29, 0.717) is 12.1 Å². The van der Waals surface area contributed by atoms with E-state index in [1.54, 1.807) is 30.5 Å². The molecule has 0 aliphatic heterocycles. The molecule has 6 nitrogen and oxygen atoms in total. The zero-order valence-electron chi connectivity index (χ0n) is 17.5. The summed E-state index contributed by atoms with van der Waals surface area (Å²) >= 11 is 1.41. The first-order valence-corrected chi connectivity index (χ1v) is 10.5. The summed E-state index contributed by atoms with van der Waals surface area (Å²) < 4.78 is 6.69. The van der Waals surface area contributed by atoms with Gasteiger partial charge in [0.25, 0.3) is 0 Å². The van der Waals surface area contributed by atoms with Crippen LogP contribution in [0.25, 0.3) is 5.69 Å². The van der Waals surface area contributed by atoms with Crippen LogP contribution in [0.2, 0.25) is 0 Å². The summed E-state index contributed by atoms with van der Waals surface area (Å²) in [6.45, 7) is 6.37. The molecule has 1 N–H and O–H groups in total. The molecule has 2 aromatic carbocycles. The first kappa shape index (κ1) is 21.6. The van der Waals surface area contributed by atoms with Gasteiger partial charge in [-0.1, -0.05) is 30.0 Å². The Morgan fingerprint density at radius 2 is 1.80 bits per heavy atom. The maximum absolute atomic E-state index is 12.6. The zero-order chi connectivity index (χ0) is 21.7. The van der Waals surface area contributed by atoms with E-state index in [1.807, 2.05) is 17.7 Å². The van der Waals surface area contributed by atoms with Crippen molar-refractivity contribution in [2.75, 3.05) is 7.11 Å². The molecule has 3 aromatic rings. The van der Waals surface area contributed by atoms with Crippen LogP contribution in [0.3, 0.4) is 0 Å². The highest BCUT2D eigenvalue weighted by Gasteiger charge is 2.18. The van der Waals surface area contributed by atoms with E-state index >= 15 is 0 Å². The van der Waals surface area contributed by atoms with E-state index in [9.17, 15) is 9.59 Å². The predicted octanol–water partition coefficient (Wildman–Crippen LogP) is 4.07. The second-order valence-electron chi connectivity index (χ2n) is 7.09. The molecule has 1 heterocycles. The molecule has 0 aliphatic carbocycles. The summed E-state index contributed by atoms with van der Waals surface area (Å²) in [4.78, 5) is 28.5. The van der Waals surface area contributed by atoms with Gasteiger partial charge in [-0.05, 0) is 61.7 Å². The molecule has 7 heteroatoms. The summed E-state index contributed by atoms with van der Waals surface area (Å²) in [5, 5.41) is 3.39. The van der Waals surface area contributed by atoms with Crippen molar-refractivity contribution in [2.45, 2.75) is 37.7 Å². The normalized spacial score (nSPS) is 11.7. The molecule has 0 aliphatic rings. The fourth-order valence-corrected chi connectivity index (χ4v) is 3.99. The number of hydrogen-bond donors (Lipinski definition) is 1. The molecule has 1 unspecified atom stereocenters. The molecular formula is C23H25N3O3S. The van der Waals surface area contributed by atoms with E-state index < -0.39 is 0 Å². The summed E-state index contributed by atoms with van der Waals surface area (Å²) in [7, 11) is 1.35. The Morgan fingerprint density at radius 3 is 2.43 bits per heavy atom. The number of amides is 1. The van der Waals surface area contributed by atoms with Crippen LogP contribution in [0.1, 0.15) is 34.0 Å². The predicted molar refractivity (Wildman–Crippen MR) is 118 cm³/mol. The maximum atomic E-state index is 12.6. The Morgan fingerprint density at radius 1 is 1.13 bits per heavy atom. The van der Waals surface area contributed by atoms with Crippen molar-refractivity contribution in [3.63, 3.8) is 0 Å². The fourth-order valence-electron chi connectivity index (χ4n) is 3.08. The quantitative estimate of drug-likeness (QED) is 0.458. The second-order valence-corrected chi connectivity index (χ2v) is 8.40. The van der Waals surface area contributed by atoms with E-state index in [1.165, 1.54) is 30.0 Å². The Kier molecular flexibility index (Phi) is 6.95. The van der Waals surface area contributed by atoms with Gasteiger partial charge in [-0.15, -0.1) is 0 Å². The smallest absolute Gasteiger partial charge is 0.337 e. The fraction of sp³-hybridized carbons (Fsp3) is 0.261. The number of ether oxygens (including phenoxy) is 1. The maximum Gasteiger partial charge on any atom is 0.337 e. The number of carbonyl (C=O) groups is 2. The van der Waals surface area contributed by atoms with Gasteiger partial charge < -0.3 is 10.1 Å². The lowest BCUT2D eigenvalue weighted by Crippen LogP contribution is -2.30. The molecule has 0 radical (unpaired) electrons. The van der Waals surface area contributed by atoms with Crippen molar-refractivity contribution >= 4 is 23.6 Å². The van der Waals surface area contributed by atoms with Gasteiger partial charge in [0, 0.05) is 24.6 Å². The van der Waals surface area contributed by atoms with Crippen LogP contribution in [0, 0.1) is 13.8 Å². The van der Waals surface area contributed by atoms with Gasteiger partial charge >= 0.3 is 5.97 Å². The molecule has 1 amide bonds. The number of nitrogens with zero attached hydrogens (tertiary/aromatic N) is 2. The van der Waals surface area contributed by atoms with Crippen LogP contribution in [0.15, 0.2) is 60.0 Å². The monoisotopic (exact) mass is 423 g/mol. The van der Waals surface area contributed by atoms with Crippen LogP contribution in [-0.2, 0) is 16.1 Å². The molecule has 0 saturated carbocycles. The Bertz CT molecular complexity index is 1020. The molecule has 0 saturated heterocycles. The number of nitrogens with one attached hydrogen (secondary N) is 1. The molecule has 1 aromatic heterocycles. The molecule has 156 valence electrons. The highest BCUT2D eigenvalue weighted by Crippen LogP contribution is 2.25. The van der Waals surface area contributed by atoms with Crippen molar-refractivity contribution in [3.05, 3.63) is 77.1 Å². The minimum atomic E-state index is -0.380. The molecule has 0 spiro atoms. The third kappa shape index (κ3) is 5.30. The van der Waals surface area contributed by atoms with Crippen LogP contribution in [0.4, 0.5) is 0 Å². The number of carbonyl (C=O) groups excluding carboxylic acids is 2. The molecule has 0 fully saturated rings. The number of methoxy groups -OCH3 is 1. The SMILES string of the molecule is COC(=O)c1ccc(CNC(=O)C(C)Sc2nccn2-c2cc(C)cc(C)c2)cc1. The average molecular weight is 424 g/mol. The number of imidazole rings is 1. The van der Waals surface area contributed by atoms with E-state index in [0.717, 1.165) is 16.4 Å². The summed E-state index contributed by atoms with van der Waals surface area (Å²) in [6.07, 6.45) is 3.65. The lowest BCUT2D eigenvalue weighted by atomic mass is 10.1. The average Bonchev–Trinajstić information content (AvgIpc) is 3.19. The minimum Gasteiger partial charge on any atom is -0.465 e.